The van der Waals surface area contributed by atoms with E-state index in [1.807, 2.05) is 11.8 Å². The minimum Gasteiger partial charge on any atom is -0.390 e. The molecule has 0 aromatic heterocycles. The average molecular weight is 565 g/mol. The number of ether oxygens (including phenoxy) is 2. The van der Waals surface area contributed by atoms with Crippen molar-refractivity contribution in [3.8, 4) is 0 Å². The molecule has 0 bridgehead atoms. The van der Waals surface area contributed by atoms with Gasteiger partial charge in [0.15, 0.2) is 0 Å². The van der Waals surface area contributed by atoms with E-state index in [4.69, 9.17) is 9.47 Å². The van der Waals surface area contributed by atoms with Gasteiger partial charge in [0.1, 0.15) is 0 Å². The molecular formula is C29H52N6O5. The molecule has 0 spiro atoms. The standard InChI is InChI=1S/C29H52N6O5/c1-3-28(37)35-14-22(15-35)33-27-10-20(6-8-31-27)29(38)32-11-23(36)16-34-9-7-25-19(2)26(5-4-21(25)13-34)39-17-24-12-30-18-40-24/h19-27,30-31,33,36H,3-18H2,1-2H3,(H,32,38)/t19?,20?,21?,23-,24?,25?,26?,27?/m0/s1. The molecule has 5 N–H and O–H groups in total. The third kappa shape index (κ3) is 7.73. The number of amides is 2. The van der Waals surface area contributed by atoms with Crippen molar-refractivity contribution in [1.82, 2.24) is 31.1 Å². The van der Waals surface area contributed by atoms with Crippen LogP contribution in [0.25, 0.3) is 0 Å². The second-order valence-corrected chi connectivity index (χ2v) is 12.8. The number of carbonyl (C=O) groups excluding carboxylic acids is 2. The van der Waals surface area contributed by atoms with Crippen LogP contribution in [-0.4, -0.2) is 123 Å². The number of aliphatic hydroxyl groups is 1. The number of nitrogens with one attached hydrogen (secondary N) is 4. The SMILES string of the molecule is CCC(=O)N1CC(NC2CC(C(=O)NC[C@H](O)CN3CCC4C(CCC(OCC5CNCO5)C4C)C3)CCN2)C1. The molecule has 1 saturated carbocycles. The number of piperidine rings is 2. The number of hydrogen-bond acceptors (Lipinski definition) is 9. The minimum absolute atomic E-state index is 0.0355. The first-order chi connectivity index (χ1) is 19.4. The van der Waals surface area contributed by atoms with Crippen LogP contribution in [0, 0.1) is 23.7 Å². The Bertz CT molecular complexity index is 838. The van der Waals surface area contributed by atoms with Gasteiger partial charge in [0.25, 0.3) is 0 Å². The Kier molecular flexibility index (Phi) is 10.7. The van der Waals surface area contributed by atoms with Crippen LogP contribution in [0.3, 0.4) is 0 Å². The number of rotatable bonds is 11. The molecule has 5 rings (SSSR count). The van der Waals surface area contributed by atoms with Crippen molar-refractivity contribution >= 4 is 11.8 Å². The van der Waals surface area contributed by atoms with Gasteiger partial charge in [0, 0.05) is 57.6 Å². The lowest BCUT2D eigenvalue weighted by atomic mass is 9.68. The van der Waals surface area contributed by atoms with Crippen LogP contribution in [-0.2, 0) is 19.1 Å². The number of hydrogen-bond donors (Lipinski definition) is 5. The lowest BCUT2D eigenvalue weighted by Gasteiger charge is -2.47. The number of aliphatic hydroxyl groups excluding tert-OH is 1. The van der Waals surface area contributed by atoms with E-state index in [9.17, 15) is 14.7 Å². The van der Waals surface area contributed by atoms with Gasteiger partial charge in [-0.25, -0.2) is 0 Å². The van der Waals surface area contributed by atoms with E-state index in [0.717, 1.165) is 65.0 Å². The fourth-order valence-corrected chi connectivity index (χ4v) is 7.54. The van der Waals surface area contributed by atoms with Crippen molar-refractivity contribution in [3.63, 3.8) is 0 Å². The number of β-amino-alcohol motifs (C(OH)–C–C–N with tert-alkyl or cyclic N) is 1. The third-order valence-electron chi connectivity index (χ3n) is 9.98. The van der Waals surface area contributed by atoms with E-state index < -0.39 is 6.10 Å². The topological polar surface area (TPSA) is 127 Å². The fraction of sp³-hybridized carbons (Fsp3) is 0.931. The molecule has 228 valence electrons. The van der Waals surface area contributed by atoms with Crippen molar-refractivity contribution in [2.24, 2.45) is 23.7 Å². The number of likely N-dealkylation sites (tertiary alicyclic amines) is 2. The number of fused-ring (bicyclic) bond motifs is 1. The van der Waals surface area contributed by atoms with Gasteiger partial charge in [-0.3, -0.25) is 20.2 Å². The molecule has 40 heavy (non-hydrogen) atoms. The first-order valence-electron chi connectivity index (χ1n) is 15.8. The summed E-state index contributed by atoms with van der Waals surface area (Å²) in [4.78, 5) is 28.9. The number of carbonyl (C=O) groups is 2. The first-order valence-corrected chi connectivity index (χ1v) is 15.8. The lowest BCUT2D eigenvalue weighted by Crippen LogP contribution is -2.64. The Morgan fingerprint density at radius 2 is 2.02 bits per heavy atom. The zero-order chi connectivity index (χ0) is 28.1. The molecule has 11 heteroatoms. The maximum atomic E-state index is 12.9. The van der Waals surface area contributed by atoms with Gasteiger partial charge in [0.05, 0.1) is 37.8 Å². The molecule has 4 heterocycles. The Morgan fingerprint density at radius 3 is 2.80 bits per heavy atom. The van der Waals surface area contributed by atoms with Gasteiger partial charge in [-0.2, -0.15) is 0 Å². The summed E-state index contributed by atoms with van der Waals surface area (Å²) < 4.78 is 11.9. The van der Waals surface area contributed by atoms with Gasteiger partial charge in [0.2, 0.25) is 11.8 Å². The van der Waals surface area contributed by atoms with Crippen LogP contribution < -0.4 is 21.3 Å². The van der Waals surface area contributed by atoms with Crippen LogP contribution in [0.4, 0.5) is 0 Å². The summed E-state index contributed by atoms with van der Waals surface area (Å²) in [5, 5.41) is 24.0. The highest BCUT2D eigenvalue weighted by atomic mass is 16.5. The maximum absolute atomic E-state index is 12.9. The van der Waals surface area contributed by atoms with Gasteiger partial charge in [-0.1, -0.05) is 13.8 Å². The quantitative estimate of drug-likeness (QED) is 0.230. The molecule has 0 aromatic rings. The Labute approximate surface area is 239 Å². The maximum Gasteiger partial charge on any atom is 0.223 e. The second-order valence-electron chi connectivity index (χ2n) is 12.8. The molecule has 8 atom stereocenters. The van der Waals surface area contributed by atoms with Crippen molar-refractivity contribution < 1.29 is 24.2 Å². The first kappa shape index (κ1) is 30.1. The second kappa shape index (κ2) is 14.2. The van der Waals surface area contributed by atoms with E-state index >= 15 is 0 Å². The van der Waals surface area contributed by atoms with Gasteiger partial charge >= 0.3 is 0 Å². The zero-order valence-corrected chi connectivity index (χ0v) is 24.5. The smallest absolute Gasteiger partial charge is 0.223 e. The van der Waals surface area contributed by atoms with Crippen molar-refractivity contribution in [2.75, 3.05) is 65.7 Å². The fourth-order valence-electron chi connectivity index (χ4n) is 7.54. The van der Waals surface area contributed by atoms with Crippen LogP contribution in [0.2, 0.25) is 0 Å². The predicted octanol–water partition coefficient (Wildman–Crippen LogP) is -0.301. The van der Waals surface area contributed by atoms with Gasteiger partial charge in [-0.05, 0) is 62.9 Å². The largest absolute Gasteiger partial charge is 0.390 e. The molecule has 5 fully saturated rings. The Balaban J connectivity index is 0.972. The lowest BCUT2D eigenvalue weighted by molar-refractivity contribution is -0.135. The van der Waals surface area contributed by atoms with Gasteiger partial charge in [-0.15, -0.1) is 0 Å². The summed E-state index contributed by atoms with van der Waals surface area (Å²) in [5.41, 5.74) is 0. The minimum atomic E-state index is -0.565. The average Bonchev–Trinajstić information content (AvgIpc) is 3.46. The molecule has 7 unspecified atom stereocenters. The van der Waals surface area contributed by atoms with E-state index in [1.165, 1.54) is 6.42 Å². The molecule has 0 radical (unpaired) electrons. The van der Waals surface area contributed by atoms with Crippen LogP contribution >= 0.6 is 0 Å². The normalized spacial score (nSPS) is 36.1. The summed E-state index contributed by atoms with van der Waals surface area (Å²) in [6.45, 7) is 11.6. The molecule has 1 aliphatic carbocycles. The predicted molar refractivity (Wildman–Crippen MR) is 151 cm³/mol. The summed E-state index contributed by atoms with van der Waals surface area (Å²) in [6, 6.07) is 0.287. The Hall–Kier alpha value is -1.34. The molecule has 11 nitrogen and oxygen atoms in total. The molecular weight excluding hydrogens is 512 g/mol. The highest BCUT2D eigenvalue weighted by Gasteiger charge is 2.41. The number of nitrogens with zero attached hydrogens (tertiary/aromatic N) is 2. The third-order valence-corrected chi connectivity index (χ3v) is 9.98. The van der Waals surface area contributed by atoms with E-state index in [-0.39, 0.29) is 36.0 Å². The highest BCUT2D eigenvalue weighted by Crippen LogP contribution is 2.41. The highest BCUT2D eigenvalue weighted by molar-refractivity contribution is 5.79. The van der Waals surface area contributed by atoms with Crippen molar-refractivity contribution in [1.29, 1.82) is 0 Å². The monoisotopic (exact) mass is 564 g/mol. The molecule has 2 amide bonds. The summed E-state index contributed by atoms with van der Waals surface area (Å²) >= 11 is 0. The summed E-state index contributed by atoms with van der Waals surface area (Å²) in [7, 11) is 0. The van der Waals surface area contributed by atoms with Crippen LogP contribution in [0.5, 0.6) is 0 Å². The summed E-state index contributed by atoms with van der Waals surface area (Å²) in [5.74, 6) is 2.04. The Morgan fingerprint density at radius 1 is 1.18 bits per heavy atom. The van der Waals surface area contributed by atoms with Crippen molar-refractivity contribution in [2.45, 2.75) is 82.9 Å². The van der Waals surface area contributed by atoms with E-state index in [0.29, 0.717) is 56.7 Å². The molecule has 4 saturated heterocycles. The molecule has 4 aliphatic heterocycles. The molecule has 0 aromatic carbocycles. The zero-order valence-electron chi connectivity index (χ0n) is 24.5. The van der Waals surface area contributed by atoms with E-state index in [2.05, 4.69) is 33.1 Å². The molecule has 5 aliphatic rings. The van der Waals surface area contributed by atoms with Crippen molar-refractivity contribution in [3.05, 3.63) is 0 Å². The van der Waals surface area contributed by atoms with Gasteiger partial charge < -0.3 is 35.0 Å². The van der Waals surface area contributed by atoms with Crippen LogP contribution in [0.15, 0.2) is 0 Å². The summed E-state index contributed by atoms with van der Waals surface area (Å²) in [6.07, 6.45) is 5.49. The van der Waals surface area contributed by atoms with Crippen LogP contribution in [0.1, 0.15) is 52.4 Å². The van der Waals surface area contributed by atoms with E-state index in [1.54, 1.807) is 0 Å².